The van der Waals surface area contributed by atoms with E-state index >= 15 is 0 Å². The van der Waals surface area contributed by atoms with E-state index in [4.69, 9.17) is 13.9 Å². The van der Waals surface area contributed by atoms with Crippen molar-refractivity contribution in [1.29, 1.82) is 0 Å². The number of rotatable bonds is 9. The molecule has 0 radical (unpaired) electrons. The molecule has 2 heterocycles. The number of benzene rings is 2. The lowest BCUT2D eigenvalue weighted by molar-refractivity contribution is -0.136. The van der Waals surface area contributed by atoms with Gasteiger partial charge in [0.1, 0.15) is 17.3 Å². The minimum Gasteiger partial charge on any atom is -0.494 e. The zero-order valence-corrected chi connectivity index (χ0v) is 22.3. The number of nitrogens with one attached hydrogen (secondary N) is 1. The molecule has 3 aromatic rings. The van der Waals surface area contributed by atoms with E-state index < -0.39 is 21.9 Å². The van der Waals surface area contributed by atoms with Gasteiger partial charge in [0.15, 0.2) is 0 Å². The van der Waals surface area contributed by atoms with Gasteiger partial charge in [0.2, 0.25) is 10.0 Å². The van der Waals surface area contributed by atoms with Gasteiger partial charge in [-0.25, -0.2) is 17.9 Å². The van der Waals surface area contributed by atoms with Crippen molar-refractivity contribution in [1.82, 2.24) is 4.72 Å². The van der Waals surface area contributed by atoms with Crippen LogP contribution in [0, 0.1) is 6.92 Å². The summed E-state index contributed by atoms with van der Waals surface area (Å²) in [6, 6.07) is 16.6. The van der Waals surface area contributed by atoms with Crippen LogP contribution in [0.5, 0.6) is 5.75 Å². The van der Waals surface area contributed by atoms with Gasteiger partial charge in [0.05, 0.1) is 36.3 Å². The van der Waals surface area contributed by atoms with E-state index in [1.54, 1.807) is 55.5 Å². The minimum absolute atomic E-state index is 0.0929. The number of ether oxygens (including phenoxy) is 2. The number of anilines is 1. The van der Waals surface area contributed by atoms with Gasteiger partial charge in [-0.3, -0.25) is 9.69 Å². The zero-order chi connectivity index (χ0) is 27.4. The van der Waals surface area contributed by atoms with Gasteiger partial charge < -0.3 is 13.9 Å². The zero-order valence-electron chi connectivity index (χ0n) is 21.5. The van der Waals surface area contributed by atoms with Crippen LogP contribution in [0.15, 0.2) is 86.8 Å². The Morgan fingerprint density at radius 1 is 1.03 bits per heavy atom. The number of aryl methyl sites for hydroxylation is 1. The van der Waals surface area contributed by atoms with E-state index in [0.717, 1.165) is 5.56 Å². The van der Waals surface area contributed by atoms with Gasteiger partial charge >= 0.3 is 5.97 Å². The molecule has 4 rings (SSSR count). The fraction of sp³-hybridized carbons (Fsp3) is 0.214. The average Bonchev–Trinajstić information content (AvgIpc) is 3.45. The number of furan rings is 1. The smallest absolute Gasteiger partial charge is 0.340 e. The largest absolute Gasteiger partial charge is 0.494 e. The third-order valence-corrected chi connectivity index (χ3v) is 7.35. The van der Waals surface area contributed by atoms with Gasteiger partial charge in [0, 0.05) is 11.4 Å². The summed E-state index contributed by atoms with van der Waals surface area (Å²) in [5.74, 6) is 0.190. The van der Waals surface area contributed by atoms with E-state index in [1.165, 1.54) is 30.2 Å². The van der Waals surface area contributed by atoms with Crippen LogP contribution in [0.1, 0.15) is 30.9 Å². The number of hydrogen-bond acceptors (Lipinski definition) is 7. The van der Waals surface area contributed by atoms with Crippen molar-refractivity contribution in [3.63, 3.8) is 0 Å². The summed E-state index contributed by atoms with van der Waals surface area (Å²) in [6.45, 7) is 5.83. The number of esters is 1. The normalized spacial score (nSPS) is 14.9. The van der Waals surface area contributed by atoms with Crippen LogP contribution in [0.3, 0.4) is 0 Å². The lowest BCUT2D eigenvalue weighted by Crippen LogP contribution is -2.24. The molecule has 1 N–H and O–H groups in total. The summed E-state index contributed by atoms with van der Waals surface area (Å²) < 4.78 is 43.8. The lowest BCUT2D eigenvalue weighted by Gasteiger charge is -2.18. The van der Waals surface area contributed by atoms with Crippen LogP contribution in [0.2, 0.25) is 0 Å². The Kier molecular flexibility index (Phi) is 7.84. The fourth-order valence-corrected chi connectivity index (χ4v) is 5.02. The molecule has 38 heavy (non-hydrogen) atoms. The predicted octanol–water partition coefficient (Wildman–Crippen LogP) is 4.34. The molecule has 198 valence electrons. The third-order valence-electron chi connectivity index (χ3n) is 5.93. The molecule has 1 aliphatic heterocycles. The number of hydrogen-bond donors (Lipinski definition) is 1. The van der Waals surface area contributed by atoms with Crippen LogP contribution < -0.4 is 14.4 Å². The Morgan fingerprint density at radius 2 is 1.71 bits per heavy atom. The highest BCUT2D eigenvalue weighted by atomic mass is 32.2. The standard InChI is InChI=1S/C28H28N2O7S/c1-5-36-21-10-8-20(9-11-21)30-19(3)26(28(32)35-4)25(27(30)31)16-22-12-13-23(37-22)17-29-38(33,34)24-14-6-18(2)7-15-24/h6-16,29H,5,17H2,1-4H3/b25-16+. The highest BCUT2D eigenvalue weighted by Crippen LogP contribution is 2.36. The second kappa shape index (κ2) is 11.1. The summed E-state index contributed by atoms with van der Waals surface area (Å²) in [5.41, 5.74) is 2.14. The van der Waals surface area contributed by atoms with Crippen molar-refractivity contribution in [3.05, 3.63) is 94.6 Å². The Hall–Kier alpha value is -4.15. The van der Waals surface area contributed by atoms with Gasteiger partial charge in [-0.1, -0.05) is 17.7 Å². The van der Waals surface area contributed by atoms with E-state index in [1.807, 2.05) is 13.8 Å². The number of methoxy groups -OCH3 is 1. The molecule has 0 aliphatic carbocycles. The quantitative estimate of drug-likeness (QED) is 0.319. The third kappa shape index (κ3) is 5.56. The molecular weight excluding hydrogens is 508 g/mol. The molecule has 0 saturated heterocycles. The van der Waals surface area contributed by atoms with Crippen molar-refractivity contribution in [2.24, 2.45) is 0 Å². The summed E-state index contributed by atoms with van der Waals surface area (Å²) in [7, 11) is -2.49. The predicted molar refractivity (Wildman–Crippen MR) is 142 cm³/mol. The second-order valence-corrected chi connectivity index (χ2v) is 10.3. The van der Waals surface area contributed by atoms with Crippen molar-refractivity contribution in [3.8, 4) is 5.75 Å². The van der Waals surface area contributed by atoms with Crippen LogP contribution >= 0.6 is 0 Å². The minimum atomic E-state index is -3.74. The van der Waals surface area contributed by atoms with E-state index in [0.29, 0.717) is 29.5 Å². The Labute approximate surface area is 221 Å². The van der Waals surface area contributed by atoms with Crippen molar-refractivity contribution in [2.75, 3.05) is 18.6 Å². The number of carbonyl (C=O) groups is 2. The number of allylic oxidation sites excluding steroid dienone is 1. The molecule has 0 saturated carbocycles. The molecule has 0 atom stereocenters. The maximum absolute atomic E-state index is 13.5. The fourth-order valence-electron chi connectivity index (χ4n) is 4.03. The molecular formula is C28H28N2O7S. The molecule has 0 spiro atoms. The molecule has 2 aromatic carbocycles. The second-order valence-electron chi connectivity index (χ2n) is 8.52. The summed E-state index contributed by atoms with van der Waals surface area (Å²) >= 11 is 0. The van der Waals surface area contributed by atoms with Crippen molar-refractivity contribution < 1.29 is 31.9 Å². The van der Waals surface area contributed by atoms with Gasteiger partial charge in [-0.2, -0.15) is 0 Å². The molecule has 0 bridgehead atoms. The van der Waals surface area contributed by atoms with Crippen molar-refractivity contribution in [2.45, 2.75) is 32.2 Å². The first-order valence-corrected chi connectivity index (χ1v) is 13.4. The molecule has 10 heteroatoms. The van der Waals surface area contributed by atoms with Gasteiger partial charge in [-0.15, -0.1) is 0 Å². The number of amides is 1. The molecule has 9 nitrogen and oxygen atoms in total. The Balaban J connectivity index is 1.58. The molecule has 1 amide bonds. The molecule has 0 fully saturated rings. The highest BCUT2D eigenvalue weighted by Gasteiger charge is 2.38. The van der Waals surface area contributed by atoms with Crippen LogP contribution in [0.25, 0.3) is 6.08 Å². The van der Waals surface area contributed by atoms with Crippen LogP contribution in [-0.4, -0.2) is 34.0 Å². The van der Waals surface area contributed by atoms with E-state index in [9.17, 15) is 18.0 Å². The van der Waals surface area contributed by atoms with Crippen molar-refractivity contribution >= 4 is 33.7 Å². The number of nitrogens with zero attached hydrogens (tertiary/aromatic N) is 1. The monoisotopic (exact) mass is 536 g/mol. The van der Waals surface area contributed by atoms with Crippen LogP contribution in [-0.2, 0) is 30.9 Å². The van der Waals surface area contributed by atoms with E-state index in [2.05, 4.69) is 4.72 Å². The summed E-state index contributed by atoms with van der Waals surface area (Å²) in [5, 5.41) is 0. The molecule has 0 unspecified atom stereocenters. The first kappa shape index (κ1) is 26.9. The topological polar surface area (TPSA) is 115 Å². The first-order valence-electron chi connectivity index (χ1n) is 11.9. The molecule has 1 aromatic heterocycles. The SMILES string of the molecule is CCOc1ccc(N2C(=O)/C(=C/c3ccc(CNS(=O)(=O)c4ccc(C)cc4)o3)C(C(=O)OC)=C2C)cc1. The maximum Gasteiger partial charge on any atom is 0.340 e. The van der Waals surface area contributed by atoms with E-state index in [-0.39, 0.29) is 28.3 Å². The summed E-state index contributed by atoms with van der Waals surface area (Å²) in [4.78, 5) is 27.7. The summed E-state index contributed by atoms with van der Waals surface area (Å²) in [6.07, 6.45) is 1.45. The number of sulfonamides is 1. The Morgan fingerprint density at radius 3 is 2.34 bits per heavy atom. The maximum atomic E-state index is 13.5. The lowest BCUT2D eigenvalue weighted by atomic mass is 10.1. The molecule has 1 aliphatic rings. The Bertz CT molecular complexity index is 1520. The van der Waals surface area contributed by atoms with Gasteiger partial charge in [0.25, 0.3) is 5.91 Å². The first-order chi connectivity index (χ1) is 18.1. The van der Waals surface area contributed by atoms with Gasteiger partial charge in [-0.05, 0) is 75.4 Å². The van der Waals surface area contributed by atoms with Crippen LogP contribution in [0.4, 0.5) is 5.69 Å². The average molecular weight is 537 g/mol. The highest BCUT2D eigenvalue weighted by molar-refractivity contribution is 7.89. The number of carbonyl (C=O) groups excluding carboxylic acids is 2.